The predicted octanol–water partition coefficient (Wildman–Crippen LogP) is 3.69. The van der Waals surface area contributed by atoms with Gasteiger partial charge in [0.25, 0.3) is 0 Å². The van der Waals surface area contributed by atoms with Gasteiger partial charge < -0.3 is 15.3 Å². The third kappa shape index (κ3) is 6.75. The van der Waals surface area contributed by atoms with Gasteiger partial charge in [-0.05, 0) is 50.6 Å². The zero-order chi connectivity index (χ0) is 36.4. The Kier molecular flexibility index (Phi) is 10.0. The first-order chi connectivity index (χ1) is 25.1. The van der Waals surface area contributed by atoms with Crippen molar-refractivity contribution in [3.63, 3.8) is 0 Å². The molecule has 1 heterocycles. The summed E-state index contributed by atoms with van der Waals surface area (Å²) in [5, 5.41) is 28.7. The molecule has 0 atom stereocenters. The lowest BCUT2D eigenvalue weighted by atomic mass is 9.70. The van der Waals surface area contributed by atoms with E-state index in [1.807, 2.05) is 11.0 Å². The molecule has 7 rings (SSSR count). The average Bonchev–Trinajstić information content (AvgIpc) is 3.59. The number of carboxylic acids is 3. The number of carbonyl (C=O) groups excluding carboxylic acids is 1. The van der Waals surface area contributed by atoms with E-state index in [4.69, 9.17) is 0 Å². The second kappa shape index (κ2) is 14.8. The number of hydrogen-bond donors (Lipinski definition) is 3. The third-order valence-corrected chi connectivity index (χ3v) is 10.7. The van der Waals surface area contributed by atoms with Crippen LogP contribution in [0.4, 0.5) is 0 Å². The van der Waals surface area contributed by atoms with Crippen molar-refractivity contribution in [1.82, 2.24) is 19.6 Å². The molecule has 11 nitrogen and oxygen atoms in total. The normalized spacial score (nSPS) is 17.7. The summed E-state index contributed by atoms with van der Waals surface area (Å²) in [5.74, 6) is -3.07. The minimum atomic E-state index is -1.01. The number of rotatable bonds is 9. The van der Waals surface area contributed by atoms with Gasteiger partial charge in [-0.25, -0.2) is 0 Å². The Morgan fingerprint density at radius 1 is 0.442 bits per heavy atom. The number of carboxylic acid groups (broad SMARTS) is 3. The van der Waals surface area contributed by atoms with Gasteiger partial charge >= 0.3 is 17.9 Å². The molecule has 0 unspecified atom stereocenters. The van der Waals surface area contributed by atoms with Crippen LogP contribution in [0.1, 0.15) is 32.6 Å². The van der Waals surface area contributed by atoms with Gasteiger partial charge in [0.15, 0.2) is 5.78 Å². The van der Waals surface area contributed by atoms with Crippen LogP contribution in [0.3, 0.4) is 0 Å². The quantitative estimate of drug-likeness (QED) is 0.190. The van der Waals surface area contributed by atoms with Gasteiger partial charge in [-0.1, -0.05) is 84.9 Å². The predicted molar refractivity (Wildman–Crippen MR) is 196 cm³/mol. The van der Waals surface area contributed by atoms with Crippen LogP contribution in [0.15, 0.2) is 91.0 Å². The van der Waals surface area contributed by atoms with Crippen molar-refractivity contribution in [2.24, 2.45) is 0 Å². The van der Waals surface area contributed by atoms with Gasteiger partial charge in [-0.15, -0.1) is 0 Å². The van der Waals surface area contributed by atoms with E-state index in [0.717, 1.165) is 16.7 Å². The van der Waals surface area contributed by atoms with Crippen LogP contribution in [-0.2, 0) is 19.8 Å². The fourth-order valence-electron chi connectivity index (χ4n) is 8.35. The monoisotopic (exact) mass is 702 g/mol. The molecule has 0 bridgehead atoms. The Bertz CT molecular complexity index is 1930. The molecule has 3 N–H and O–H groups in total. The molecule has 11 heteroatoms. The number of Topliss-reactive ketones (excluding diaryl/α,β-unsaturated/α-hetero) is 1. The minimum Gasteiger partial charge on any atom is -0.480 e. The minimum absolute atomic E-state index is 0.0683. The van der Waals surface area contributed by atoms with Crippen LogP contribution in [0.2, 0.25) is 0 Å². The molecule has 0 saturated carbocycles. The first kappa shape index (κ1) is 35.2. The maximum Gasteiger partial charge on any atom is 0.317 e. The SMILES string of the molecule is O=C(O)CN1CCN(CC(=O)O)CCN(CC(=O)c2ccc3c(c2)C2(c4ccccc4-c4ccccc42)c2ccccc2-3)CCN(CC(=O)O)CC1. The standard InChI is InChI=1S/C41H42N4O7/c46-37(24-42-15-17-43(25-38(47)48)19-21-45(27-40(51)52)22-20-44(18-16-42)26-39(49)50)28-13-14-32-31-9-3-6-12-35(31)41(36(32)23-28)33-10-4-1-7-29(33)30-8-2-5-11-34(30)41/h1-14,23H,15-22,24-27H2,(H,47,48)(H,49,50)(H,51,52). The van der Waals surface area contributed by atoms with Crippen LogP contribution in [0, 0.1) is 0 Å². The van der Waals surface area contributed by atoms with Crippen LogP contribution in [-0.4, -0.2) is 137 Å². The van der Waals surface area contributed by atoms with Crippen molar-refractivity contribution in [3.8, 4) is 22.3 Å². The molecule has 268 valence electrons. The lowest BCUT2D eigenvalue weighted by Gasteiger charge is -2.33. The summed E-state index contributed by atoms with van der Waals surface area (Å²) in [6.07, 6.45) is 0. The van der Waals surface area contributed by atoms with E-state index in [1.54, 1.807) is 14.7 Å². The molecular weight excluding hydrogens is 660 g/mol. The van der Waals surface area contributed by atoms with Crippen LogP contribution < -0.4 is 0 Å². The zero-order valence-electron chi connectivity index (χ0n) is 28.9. The Morgan fingerprint density at radius 3 is 1.13 bits per heavy atom. The van der Waals surface area contributed by atoms with Gasteiger partial charge in [-0.2, -0.15) is 0 Å². The van der Waals surface area contributed by atoms with E-state index in [-0.39, 0.29) is 32.0 Å². The highest BCUT2D eigenvalue weighted by Crippen LogP contribution is 2.62. The molecule has 1 aliphatic heterocycles. The first-order valence-corrected chi connectivity index (χ1v) is 17.7. The maximum atomic E-state index is 14.3. The number of carbonyl (C=O) groups is 4. The molecule has 52 heavy (non-hydrogen) atoms. The highest BCUT2D eigenvalue weighted by molar-refractivity contribution is 6.01. The number of fused-ring (bicyclic) bond motifs is 10. The summed E-state index contributed by atoms with van der Waals surface area (Å²) >= 11 is 0. The third-order valence-electron chi connectivity index (χ3n) is 10.7. The molecular formula is C41H42N4O7. The number of hydrogen-bond acceptors (Lipinski definition) is 8. The van der Waals surface area contributed by atoms with E-state index in [0.29, 0.717) is 57.9 Å². The van der Waals surface area contributed by atoms with Crippen molar-refractivity contribution in [1.29, 1.82) is 0 Å². The Labute approximate surface area is 302 Å². The van der Waals surface area contributed by atoms with Gasteiger partial charge in [-0.3, -0.25) is 38.8 Å². The van der Waals surface area contributed by atoms with Gasteiger partial charge in [0.05, 0.1) is 31.6 Å². The van der Waals surface area contributed by atoms with Gasteiger partial charge in [0.2, 0.25) is 0 Å². The Hall–Kier alpha value is -5.20. The highest BCUT2D eigenvalue weighted by Gasteiger charge is 2.51. The van der Waals surface area contributed by atoms with Crippen LogP contribution in [0.25, 0.3) is 22.3 Å². The first-order valence-electron chi connectivity index (χ1n) is 17.7. The lowest BCUT2D eigenvalue weighted by molar-refractivity contribution is -0.140. The molecule has 0 amide bonds. The van der Waals surface area contributed by atoms with E-state index >= 15 is 0 Å². The second-order valence-corrected chi connectivity index (χ2v) is 13.9. The van der Waals surface area contributed by atoms with Crippen molar-refractivity contribution in [3.05, 3.63) is 119 Å². The molecule has 1 spiro atoms. The van der Waals surface area contributed by atoms with Crippen molar-refractivity contribution in [2.75, 3.05) is 78.5 Å². The molecule has 0 radical (unpaired) electrons. The number of ketones is 1. The molecule has 4 aromatic carbocycles. The highest BCUT2D eigenvalue weighted by atomic mass is 16.4. The number of benzene rings is 4. The number of aliphatic carboxylic acids is 3. The van der Waals surface area contributed by atoms with E-state index in [2.05, 4.69) is 84.9 Å². The van der Waals surface area contributed by atoms with Gasteiger partial charge in [0.1, 0.15) is 0 Å². The summed E-state index contributed by atoms with van der Waals surface area (Å²) in [4.78, 5) is 56.5. The topological polar surface area (TPSA) is 142 Å². The Balaban J connectivity index is 1.20. The van der Waals surface area contributed by atoms with E-state index in [9.17, 15) is 34.5 Å². The molecule has 0 aromatic heterocycles. The summed E-state index contributed by atoms with van der Waals surface area (Å²) in [6.45, 7) is 2.09. The largest absolute Gasteiger partial charge is 0.480 e. The van der Waals surface area contributed by atoms with E-state index in [1.165, 1.54) is 27.8 Å². The van der Waals surface area contributed by atoms with Crippen molar-refractivity contribution in [2.45, 2.75) is 5.41 Å². The van der Waals surface area contributed by atoms with Crippen molar-refractivity contribution < 1.29 is 34.5 Å². The lowest BCUT2D eigenvalue weighted by Crippen LogP contribution is -2.49. The molecule has 1 saturated heterocycles. The molecule has 3 aliphatic rings. The Morgan fingerprint density at radius 2 is 0.769 bits per heavy atom. The molecule has 4 aromatic rings. The smallest absolute Gasteiger partial charge is 0.317 e. The summed E-state index contributed by atoms with van der Waals surface area (Å²) in [7, 11) is 0. The fourth-order valence-corrected chi connectivity index (χ4v) is 8.35. The number of nitrogens with zero attached hydrogens (tertiary/aromatic N) is 4. The second-order valence-electron chi connectivity index (χ2n) is 13.9. The van der Waals surface area contributed by atoms with Crippen LogP contribution in [0.5, 0.6) is 0 Å². The van der Waals surface area contributed by atoms with Crippen molar-refractivity contribution >= 4 is 23.7 Å². The molecule has 1 fully saturated rings. The average molecular weight is 703 g/mol. The maximum absolute atomic E-state index is 14.3. The summed E-state index contributed by atoms with van der Waals surface area (Å²) in [6, 6.07) is 31.5. The summed E-state index contributed by atoms with van der Waals surface area (Å²) < 4.78 is 0. The summed E-state index contributed by atoms with van der Waals surface area (Å²) in [5.41, 5.74) is 9.23. The van der Waals surface area contributed by atoms with E-state index < -0.39 is 23.3 Å². The van der Waals surface area contributed by atoms with Gasteiger partial charge in [0, 0.05) is 57.9 Å². The molecule has 2 aliphatic carbocycles. The van der Waals surface area contributed by atoms with Crippen LogP contribution >= 0.6 is 0 Å². The fraction of sp³-hybridized carbons (Fsp3) is 0.317. The zero-order valence-corrected chi connectivity index (χ0v) is 28.9.